The van der Waals surface area contributed by atoms with Crippen LogP contribution < -0.4 is 16.4 Å². The molecule has 1 aromatic heterocycles. The number of primary amides is 1. The highest BCUT2D eigenvalue weighted by Crippen LogP contribution is 2.24. The Labute approximate surface area is 140 Å². The second-order valence-corrected chi connectivity index (χ2v) is 6.67. The number of nitrogens with zero attached hydrogens (tertiary/aromatic N) is 1. The summed E-state index contributed by atoms with van der Waals surface area (Å²) in [6.45, 7) is 7.36. The van der Waals surface area contributed by atoms with Gasteiger partial charge in [-0.15, -0.1) is 0 Å². The molecule has 1 atom stereocenters. The fourth-order valence-corrected chi connectivity index (χ4v) is 2.26. The van der Waals surface area contributed by atoms with E-state index in [4.69, 9.17) is 10.2 Å². The number of nitrogens with two attached hydrogens (primary N) is 1. The molecule has 1 aromatic carbocycles. The van der Waals surface area contributed by atoms with E-state index in [2.05, 4.69) is 15.6 Å². The van der Waals surface area contributed by atoms with Crippen molar-refractivity contribution in [3.63, 3.8) is 0 Å². The summed E-state index contributed by atoms with van der Waals surface area (Å²) in [7, 11) is 0. The van der Waals surface area contributed by atoms with Gasteiger partial charge in [-0.3, -0.25) is 4.79 Å². The molecule has 3 amide bonds. The number of carbonyl (C=O) groups excluding carboxylic acids is 2. The normalized spacial score (nSPS) is 12.5. The first-order valence-electron chi connectivity index (χ1n) is 7.56. The van der Waals surface area contributed by atoms with Crippen LogP contribution in [-0.4, -0.2) is 23.0 Å². The monoisotopic (exact) mass is 330 g/mol. The molecule has 1 heterocycles. The molecule has 0 spiro atoms. The summed E-state index contributed by atoms with van der Waals surface area (Å²) < 4.78 is 5.26. The number of oxazole rings is 1. The van der Waals surface area contributed by atoms with Gasteiger partial charge in [-0.25, -0.2) is 9.78 Å². The summed E-state index contributed by atoms with van der Waals surface area (Å²) in [6, 6.07) is 4.18. The molecule has 4 N–H and O–H groups in total. The van der Waals surface area contributed by atoms with Crippen molar-refractivity contribution in [2.45, 2.75) is 33.7 Å². The Morgan fingerprint density at radius 1 is 1.29 bits per heavy atom. The molecule has 0 bridgehead atoms. The van der Waals surface area contributed by atoms with Crippen LogP contribution in [0.1, 0.15) is 26.3 Å². The zero-order chi connectivity index (χ0) is 17.9. The van der Waals surface area contributed by atoms with Gasteiger partial charge >= 0.3 is 6.03 Å². The maximum atomic E-state index is 12.3. The highest BCUT2D eigenvalue weighted by Gasteiger charge is 2.31. The number of aryl methyl sites for hydroxylation is 1. The number of hydrogen-bond donors (Lipinski definition) is 3. The second kappa shape index (κ2) is 6.74. The van der Waals surface area contributed by atoms with Crippen LogP contribution in [0.4, 0.5) is 10.5 Å². The molecule has 7 nitrogen and oxygen atoms in total. The third-order valence-corrected chi connectivity index (χ3v) is 3.59. The van der Waals surface area contributed by atoms with Crippen LogP contribution in [0.2, 0.25) is 0 Å². The van der Waals surface area contributed by atoms with Crippen LogP contribution in [0.15, 0.2) is 35.1 Å². The lowest BCUT2D eigenvalue weighted by atomic mass is 9.86. The largest absolute Gasteiger partial charge is 0.445 e. The van der Waals surface area contributed by atoms with Gasteiger partial charge in [0.15, 0.2) is 0 Å². The molecule has 0 unspecified atom stereocenters. The Kier molecular flexibility index (Phi) is 4.92. The van der Waals surface area contributed by atoms with E-state index in [1.165, 1.54) is 6.26 Å². The molecule has 2 rings (SSSR count). The topological polar surface area (TPSA) is 110 Å². The van der Waals surface area contributed by atoms with Crippen molar-refractivity contribution in [3.8, 4) is 11.5 Å². The first kappa shape index (κ1) is 17.5. The maximum absolute atomic E-state index is 12.3. The van der Waals surface area contributed by atoms with Gasteiger partial charge in [0.1, 0.15) is 12.3 Å². The summed E-state index contributed by atoms with van der Waals surface area (Å²) in [6.07, 6.45) is 3.03. The predicted octanol–water partition coefficient (Wildman–Crippen LogP) is 2.67. The van der Waals surface area contributed by atoms with Crippen molar-refractivity contribution >= 4 is 17.6 Å². The molecule has 0 fully saturated rings. The summed E-state index contributed by atoms with van der Waals surface area (Å²) in [5, 5.41) is 5.37. The fraction of sp³-hybridized carbons (Fsp3) is 0.353. The number of urea groups is 1. The SMILES string of the molecule is Cc1ccc(-c2ncco2)cc1NC(=O)N[C@@H](C(N)=O)C(C)(C)C. The van der Waals surface area contributed by atoms with Crippen molar-refractivity contribution in [2.24, 2.45) is 11.1 Å². The number of rotatable bonds is 4. The highest BCUT2D eigenvalue weighted by molar-refractivity contribution is 5.94. The predicted molar refractivity (Wildman–Crippen MR) is 91.3 cm³/mol. The third kappa shape index (κ3) is 4.13. The van der Waals surface area contributed by atoms with Gasteiger partial charge in [0, 0.05) is 11.3 Å². The highest BCUT2D eigenvalue weighted by atomic mass is 16.3. The smallest absolute Gasteiger partial charge is 0.319 e. The lowest BCUT2D eigenvalue weighted by Gasteiger charge is -2.28. The molecule has 24 heavy (non-hydrogen) atoms. The summed E-state index contributed by atoms with van der Waals surface area (Å²) in [5.41, 5.74) is 7.10. The van der Waals surface area contributed by atoms with E-state index in [1.54, 1.807) is 12.3 Å². The van der Waals surface area contributed by atoms with Gasteiger partial charge in [0.2, 0.25) is 11.8 Å². The van der Waals surface area contributed by atoms with Gasteiger partial charge in [-0.1, -0.05) is 26.8 Å². The molecule has 7 heteroatoms. The van der Waals surface area contributed by atoms with Crippen molar-refractivity contribution in [3.05, 3.63) is 36.2 Å². The molecule has 0 radical (unpaired) electrons. The Bertz CT molecular complexity index is 733. The fourth-order valence-electron chi connectivity index (χ4n) is 2.26. The number of hydrogen-bond acceptors (Lipinski definition) is 4. The van der Waals surface area contributed by atoms with Crippen LogP contribution in [0, 0.1) is 12.3 Å². The Hall–Kier alpha value is -2.83. The number of aromatic nitrogens is 1. The van der Waals surface area contributed by atoms with Crippen LogP contribution in [0.3, 0.4) is 0 Å². The van der Waals surface area contributed by atoms with E-state index in [0.29, 0.717) is 11.6 Å². The van der Waals surface area contributed by atoms with E-state index in [1.807, 2.05) is 39.8 Å². The van der Waals surface area contributed by atoms with Crippen molar-refractivity contribution < 1.29 is 14.0 Å². The quantitative estimate of drug-likeness (QED) is 0.800. The van der Waals surface area contributed by atoms with E-state index in [9.17, 15) is 9.59 Å². The lowest BCUT2D eigenvalue weighted by Crippen LogP contribution is -2.53. The van der Waals surface area contributed by atoms with Crippen molar-refractivity contribution in [1.82, 2.24) is 10.3 Å². The Morgan fingerprint density at radius 3 is 2.54 bits per heavy atom. The first-order chi connectivity index (χ1) is 11.2. The average molecular weight is 330 g/mol. The van der Waals surface area contributed by atoms with E-state index < -0.39 is 23.4 Å². The van der Waals surface area contributed by atoms with Crippen LogP contribution in [0.5, 0.6) is 0 Å². The van der Waals surface area contributed by atoms with Gasteiger partial charge in [-0.05, 0) is 30.0 Å². The zero-order valence-electron chi connectivity index (χ0n) is 14.2. The molecular formula is C17H22N4O3. The van der Waals surface area contributed by atoms with Crippen molar-refractivity contribution in [2.75, 3.05) is 5.32 Å². The number of anilines is 1. The standard InChI is InChI=1S/C17H22N4O3/c1-10-5-6-11(15-19-7-8-24-15)9-12(10)20-16(23)21-13(14(18)22)17(2,3)4/h5-9,13H,1-4H3,(H2,18,22)(H2,20,21,23)/t13-/m0/s1. The lowest BCUT2D eigenvalue weighted by molar-refractivity contribution is -0.122. The van der Waals surface area contributed by atoms with Crippen LogP contribution >= 0.6 is 0 Å². The van der Waals surface area contributed by atoms with E-state index in [0.717, 1.165) is 11.1 Å². The summed E-state index contributed by atoms with van der Waals surface area (Å²) in [5.74, 6) is -0.119. The zero-order valence-corrected chi connectivity index (χ0v) is 14.2. The van der Waals surface area contributed by atoms with E-state index in [-0.39, 0.29) is 0 Å². The minimum Gasteiger partial charge on any atom is -0.445 e. The average Bonchev–Trinajstić information content (AvgIpc) is 3.00. The maximum Gasteiger partial charge on any atom is 0.319 e. The summed E-state index contributed by atoms with van der Waals surface area (Å²) >= 11 is 0. The second-order valence-electron chi connectivity index (χ2n) is 6.67. The Balaban J connectivity index is 2.17. The number of amides is 3. The summed E-state index contributed by atoms with van der Waals surface area (Å²) in [4.78, 5) is 27.9. The molecule has 0 aliphatic carbocycles. The molecular weight excluding hydrogens is 308 g/mol. The molecule has 128 valence electrons. The van der Waals surface area contributed by atoms with Gasteiger partial charge in [0.05, 0.1) is 6.20 Å². The first-order valence-corrected chi connectivity index (χ1v) is 7.56. The minimum absolute atomic E-state index is 0.461. The van der Waals surface area contributed by atoms with Crippen molar-refractivity contribution in [1.29, 1.82) is 0 Å². The molecule has 0 saturated carbocycles. The minimum atomic E-state index is -0.785. The Morgan fingerprint density at radius 2 is 2.00 bits per heavy atom. The van der Waals surface area contributed by atoms with Crippen LogP contribution in [0.25, 0.3) is 11.5 Å². The third-order valence-electron chi connectivity index (χ3n) is 3.59. The molecule has 2 aromatic rings. The number of carbonyl (C=O) groups is 2. The molecule has 0 aliphatic rings. The van der Waals surface area contributed by atoms with Crippen LogP contribution in [-0.2, 0) is 4.79 Å². The van der Waals surface area contributed by atoms with E-state index >= 15 is 0 Å². The van der Waals surface area contributed by atoms with Gasteiger partial charge in [0.25, 0.3) is 0 Å². The number of nitrogens with one attached hydrogen (secondary N) is 2. The molecule has 0 aliphatic heterocycles. The van der Waals surface area contributed by atoms with Gasteiger partial charge in [-0.2, -0.15) is 0 Å². The molecule has 0 saturated heterocycles. The number of benzene rings is 1. The van der Waals surface area contributed by atoms with Gasteiger partial charge < -0.3 is 20.8 Å².